The molecule has 152 valence electrons. The first-order valence-electron chi connectivity index (χ1n) is 10.6. The van der Waals surface area contributed by atoms with Crippen LogP contribution in [-0.2, 0) is 0 Å². The molecule has 0 atom stereocenters. The lowest BCUT2D eigenvalue weighted by molar-refractivity contribution is -0.362. The quantitative estimate of drug-likeness (QED) is 0.252. The van der Waals surface area contributed by atoms with Crippen molar-refractivity contribution in [2.75, 3.05) is 0 Å². The van der Waals surface area contributed by atoms with Gasteiger partial charge in [-0.2, -0.15) is 0 Å². The molecule has 3 heterocycles. The predicted octanol–water partition coefficient (Wildman–Crippen LogP) is 6.45. The Balaban J connectivity index is 1.88. The molecule has 0 radical (unpaired) electrons. The summed E-state index contributed by atoms with van der Waals surface area (Å²) in [5, 5.41) is 4.47. The highest BCUT2D eigenvalue weighted by atomic mass is 19.2. The summed E-state index contributed by atoms with van der Waals surface area (Å²) in [5.41, 5.74) is 5.37. The molecule has 31 heavy (non-hydrogen) atoms. The molecule has 0 saturated carbocycles. The molecule has 2 aliphatic heterocycles. The van der Waals surface area contributed by atoms with Crippen LogP contribution in [-0.4, -0.2) is 21.6 Å². The maximum atomic E-state index is 15.7. The first-order valence-corrected chi connectivity index (χ1v) is 10.6. The molecule has 2 aliphatic rings. The van der Waals surface area contributed by atoms with E-state index in [4.69, 9.17) is 0 Å². The zero-order chi connectivity index (χ0) is 21.5. The van der Waals surface area contributed by atoms with E-state index in [1.807, 2.05) is 36.4 Å². The van der Waals surface area contributed by atoms with Crippen LogP contribution in [0.15, 0.2) is 78.5 Å². The fourth-order valence-corrected chi connectivity index (χ4v) is 5.45. The number of benzene rings is 3. The van der Waals surface area contributed by atoms with Crippen molar-refractivity contribution < 1.29 is 13.1 Å². The maximum absolute atomic E-state index is 15.7. The van der Waals surface area contributed by atoms with E-state index < -0.39 is 6.97 Å². The number of aryl methyl sites for hydroxylation is 2. The first kappa shape index (κ1) is 18.3. The lowest BCUT2D eigenvalue weighted by Gasteiger charge is -2.33. The zero-order valence-electron chi connectivity index (χ0n) is 17.7. The van der Waals surface area contributed by atoms with Gasteiger partial charge in [-0.1, -0.05) is 48.5 Å². The van der Waals surface area contributed by atoms with Crippen molar-refractivity contribution in [3.8, 4) is 0 Å². The molecule has 3 aromatic carbocycles. The predicted molar refractivity (Wildman–Crippen MR) is 125 cm³/mol. The van der Waals surface area contributed by atoms with Crippen molar-refractivity contribution in [3.05, 3.63) is 101 Å². The van der Waals surface area contributed by atoms with E-state index in [-0.39, 0.29) is 0 Å². The van der Waals surface area contributed by atoms with Crippen molar-refractivity contribution in [1.82, 2.24) is 4.48 Å². The van der Waals surface area contributed by atoms with Gasteiger partial charge in [0, 0.05) is 30.3 Å². The number of aromatic nitrogens is 1. The summed E-state index contributed by atoms with van der Waals surface area (Å²) < 4.78 is 33.9. The molecule has 0 unspecified atom stereocenters. The van der Waals surface area contributed by atoms with Gasteiger partial charge >= 0.3 is 6.97 Å². The molecule has 0 N–H and O–H groups in total. The summed E-state index contributed by atoms with van der Waals surface area (Å²) in [5.74, 6) is 0. The Hall–Kier alpha value is -3.47. The molecule has 0 saturated heterocycles. The van der Waals surface area contributed by atoms with Gasteiger partial charge in [0.1, 0.15) is 5.71 Å². The van der Waals surface area contributed by atoms with Crippen LogP contribution < -0.4 is 0 Å². The number of hydrogen-bond donors (Lipinski definition) is 0. The summed E-state index contributed by atoms with van der Waals surface area (Å²) in [4.78, 5) is 0. The van der Waals surface area contributed by atoms with Gasteiger partial charge in [-0.25, -0.2) is 0 Å². The van der Waals surface area contributed by atoms with Gasteiger partial charge in [-0.15, -0.1) is 0 Å². The molecule has 0 aliphatic carbocycles. The van der Waals surface area contributed by atoms with Crippen molar-refractivity contribution in [2.45, 2.75) is 20.8 Å². The highest BCUT2D eigenvalue weighted by Crippen LogP contribution is 2.45. The second-order valence-corrected chi connectivity index (χ2v) is 8.51. The Morgan fingerprint density at radius 3 is 1.94 bits per heavy atom. The lowest BCUT2D eigenvalue weighted by Crippen LogP contribution is -2.51. The van der Waals surface area contributed by atoms with E-state index in [0.717, 1.165) is 32.7 Å². The summed E-state index contributed by atoms with van der Waals surface area (Å²) in [7, 11) is 0. The second-order valence-electron chi connectivity index (χ2n) is 8.51. The first-order chi connectivity index (χ1) is 14.9. The van der Waals surface area contributed by atoms with Crippen LogP contribution >= 0.6 is 0 Å². The normalized spacial score (nSPS) is 17.1. The molecule has 0 bridgehead atoms. The number of fused-ring (bicyclic) bond motifs is 4. The van der Waals surface area contributed by atoms with Gasteiger partial charge in [0.25, 0.3) is 0 Å². The summed E-state index contributed by atoms with van der Waals surface area (Å²) >= 11 is 0. The standard InChI is InChI=1S/C26H21BF2N2/c1-16-12-14-23-26(24-15-13-17(2)31(24)27(28,29)30(16)23)25-21-10-6-4-8-19(21)18(3)20-9-5-7-11-22(20)25/h4-15H,1-3H3. The van der Waals surface area contributed by atoms with Crippen molar-refractivity contribution >= 4 is 39.8 Å². The van der Waals surface area contributed by atoms with Gasteiger partial charge in [0.15, 0.2) is 5.70 Å². The minimum Gasteiger partial charge on any atom is -0.393 e. The Bertz CT molecular complexity index is 1480. The van der Waals surface area contributed by atoms with Crippen molar-refractivity contribution in [2.24, 2.45) is 0 Å². The lowest BCUT2D eigenvalue weighted by atomic mass is 9.82. The van der Waals surface area contributed by atoms with Crippen LogP contribution in [0.3, 0.4) is 0 Å². The third-order valence-corrected chi connectivity index (χ3v) is 6.83. The highest BCUT2D eigenvalue weighted by Gasteiger charge is 2.53. The number of allylic oxidation sites excluding steroid dienone is 2. The average molecular weight is 410 g/mol. The minimum atomic E-state index is -3.95. The molecule has 6 rings (SSSR count). The minimum absolute atomic E-state index is 0.567. The Kier molecular flexibility index (Phi) is 3.57. The number of halogens is 2. The van der Waals surface area contributed by atoms with Crippen molar-refractivity contribution in [3.63, 3.8) is 0 Å². The Morgan fingerprint density at radius 1 is 0.742 bits per heavy atom. The molecule has 5 heteroatoms. The van der Waals surface area contributed by atoms with Crippen LogP contribution in [0.25, 0.3) is 27.1 Å². The number of hydrogen-bond acceptors (Lipinski definition) is 0. The highest BCUT2D eigenvalue weighted by molar-refractivity contribution is 6.58. The van der Waals surface area contributed by atoms with Gasteiger partial charge in [-0.05, 0) is 58.8 Å². The molecule has 0 spiro atoms. The fourth-order valence-electron chi connectivity index (χ4n) is 5.45. The van der Waals surface area contributed by atoms with Crippen LogP contribution in [0.5, 0.6) is 0 Å². The van der Waals surface area contributed by atoms with Gasteiger partial charge in [0.2, 0.25) is 0 Å². The monoisotopic (exact) mass is 410 g/mol. The summed E-state index contributed by atoms with van der Waals surface area (Å²) in [6.45, 7) is 1.69. The van der Waals surface area contributed by atoms with Crippen LogP contribution in [0.2, 0.25) is 0 Å². The van der Waals surface area contributed by atoms with Gasteiger partial charge in [-0.3, -0.25) is 0 Å². The average Bonchev–Trinajstić information content (AvgIpc) is 3.35. The Morgan fingerprint density at radius 2 is 1.32 bits per heavy atom. The number of rotatable bonds is 1. The van der Waals surface area contributed by atoms with E-state index in [0.29, 0.717) is 22.8 Å². The van der Waals surface area contributed by atoms with E-state index in [1.165, 1.54) is 14.5 Å². The third kappa shape index (κ3) is 2.24. The van der Waals surface area contributed by atoms with Gasteiger partial charge < -0.3 is 17.6 Å². The molecule has 0 amide bonds. The molecule has 4 aromatic rings. The van der Waals surface area contributed by atoms with E-state index in [9.17, 15) is 0 Å². The second kappa shape index (κ2) is 6.04. The maximum Gasteiger partial charge on any atom is 0.737 e. The molecule has 2 nitrogen and oxygen atoms in total. The third-order valence-electron chi connectivity index (χ3n) is 6.83. The molecule has 1 aromatic heterocycles. The van der Waals surface area contributed by atoms with Crippen molar-refractivity contribution in [1.29, 1.82) is 0 Å². The molecular weight excluding hydrogens is 389 g/mol. The fraction of sp³-hybridized carbons (Fsp3) is 0.115. The smallest absolute Gasteiger partial charge is 0.393 e. The van der Waals surface area contributed by atoms with Crippen LogP contribution in [0.1, 0.15) is 29.4 Å². The zero-order valence-corrected chi connectivity index (χ0v) is 17.7. The molecule has 0 fully saturated rings. The number of nitrogens with zero attached hydrogens (tertiary/aromatic N) is 2. The topological polar surface area (TPSA) is 7.94 Å². The van der Waals surface area contributed by atoms with E-state index in [1.54, 1.807) is 26.0 Å². The van der Waals surface area contributed by atoms with Gasteiger partial charge in [0.05, 0.1) is 5.57 Å². The van der Waals surface area contributed by atoms with Crippen LogP contribution in [0, 0.1) is 13.8 Å². The summed E-state index contributed by atoms with van der Waals surface area (Å²) in [6.07, 6.45) is 3.64. The Labute approximate surface area is 179 Å². The largest absolute Gasteiger partial charge is 0.737 e. The summed E-state index contributed by atoms with van der Waals surface area (Å²) in [6, 6.07) is 20.2. The van der Waals surface area contributed by atoms with E-state index >= 15 is 8.63 Å². The SMILES string of the molecule is CC1=[N+]2C(=C(c3c4ccccc4c(C)c4ccccc34)c3ccc(C)n3[B-]2(F)F)C=C1. The molecular formula is C26H21BF2N2. The van der Waals surface area contributed by atoms with Crippen LogP contribution in [0.4, 0.5) is 8.63 Å². The van der Waals surface area contributed by atoms with E-state index in [2.05, 4.69) is 31.2 Å².